The summed E-state index contributed by atoms with van der Waals surface area (Å²) in [6.07, 6.45) is 0.687. The Morgan fingerprint density at radius 3 is 2.56 bits per heavy atom. The molecule has 0 rings (SSSR count). The second kappa shape index (κ2) is 4.54. The standard InChI is InChI=1S/C6H10O2S/c1-6(2)4-3-5-9(7)8/h6H,4H2,1-2H3,(H,7,8). The maximum atomic E-state index is 9.92. The molecule has 1 N–H and O–H groups in total. The van der Waals surface area contributed by atoms with Crippen LogP contribution in [0.5, 0.6) is 0 Å². The Morgan fingerprint density at radius 1 is 1.67 bits per heavy atom. The molecule has 1 unspecified atom stereocenters. The van der Waals surface area contributed by atoms with E-state index < -0.39 is 11.1 Å². The van der Waals surface area contributed by atoms with Gasteiger partial charge in [0.1, 0.15) is 0 Å². The second-order valence-corrected chi connectivity index (χ2v) is 2.83. The van der Waals surface area contributed by atoms with Crippen LogP contribution < -0.4 is 0 Å². The predicted molar refractivity (Wildman–Crippen MR) is 38.0 cm³/mol. The zero-order chi connectivity index (χ0) is 7.28. The number of hydrogen-bond acceptors (Lipinski definition) is 1. The summed E-state index contributed by atoms with van der Waals surface area (Å²) >= 11 is -1.94. The van der Waals surface area contributed by atoms with Crippen LogP contribution in [-0.2, 0) is 11.1 Å². The lowest BCUT2D eigenvalue weighted by Crippen LogP contribution is -1.83. The zero-order valence-electron chi connectivity index (χ0n) is 5.55. The first-order valence-electron chi connectivity index (χ1n) is 2.72. The lowest BCUT2D eigenvalue weighted by Gasteiger charge is -1.91. The van der Waals surface area contributed by atoms with Crippen LogP contribution in [0.25, 0.3) is 0 Å². The normalized spacial score (nSPS) is 12.4. The summed E-state index contributed by atoms with van der Waals surface area (Å²) in [5, 5.41) is 2.15. The Hall–Kier alpha value is -0.330. The van der Waals surface area contributed by atoms with Crippen molar-refractivity contribution in [3.63, 3.8) is 0 Å². The van der Waals surface area contributed by atoms with Gasteiger partial charge in [0.25, 0.3) is 0 Å². The van der Waals surface area contributed by atoms with Gasteiger partial charge < -0.3 is 0 Å². The van der Waals surface area contributed by atoms with Crippen LogP contribution in [0.1, 0.15) is 20.3 Å². The van der Waals surface area contributed by atoms with Crippen molar-refractivity contribution in [2.75, 3.05) is 0 Å². The fourth-order valence-electron chi connectivity index (χ4n) is 0.308. The highest BCUT2D eigenvalue weighted by atomic mass is 32.2. The van der Waals surface area contributed by atoms with Gasteiger partial charge in [0, 0.05) is 11.7 Å². The minimum atomic E-state index is -1.94. The van der Waals surface area contributed by atoms with Gasteiger partial charge in [0.15, 0.2) is 0 Å². The maximum Gasteiger partial charge on any atom is 0.233 e. The van der Waals surface area contributed by atoms with Crippen molar-refractivity contribution >= 4 is 11.1 Å². The van der Waals surface area contributed by atoms with Gasteiger partial charge in [-0.1, -0.05) is 19.8 Å². The zero-order valence-corrected chi connectivity index (χ0v) is 6.36. The molecule has 0 aliphatic carbocycles. The van der Waals surface area contributed by atoms with Gasteiger partial charge >= 0.3 is 0 Å². The number of hydrogen-bond donors (Lipinski definition) is 1. The lowest BCUT2D eigenvalue weighted by molar-refractivity contribution is 0.576. The van der Waals surface area contributed by atoms with E-state index in [4.69, 9.17) is 4.55 Å². The highest BCUT2D eigenvalue weighted by Gasteiger charge is 1.86. The molecule has 2 nitrogen and oxygen atoms in total. The van der Waals surface area contributed by atoms with Crippen LogP contribution in [0, 0.1) is 17.1 Å². The van der Waals surface area contributed by atoms with Crippen molar-refractivity contribution in [3.05, 3.63) is 0 Å². The van der Waals surface area contributed by atoms with Crippen LogP contribution >= 0.6 is 0 Å². The molecule has 9 heavy (non-hydrogen) atoms. The fourth-order valence-corrected chi connectivity index (χ4v) is 0.514. The summed E-state index contributed by atoms with van der Waals surface area (Å²) in [4.78, 5) is 0. The van der Waals surface area contributed by atoms with Crippen LogP contribution in [-0.4, -0.2) is 8.76 Å². The third kappa shape index (κ3) is 7.67. The van der Waals surface area contributed by atoms with Gasteiger partial charge in [0.05, 0.1) is 0 Å². The van der Waals surface area contributed by atoms with Crippen molar-refractivity contribution in [3.8, 4) is 11.2 Å². The SMILES string of the molecule is CC(C)CC#CS(=O)O. The summed E-state index contributed by atoms with van der Waals surface area (Å²) in [6.45, 7) is 4.02. The minimum absolute atomic E-state index is 0.473. The average molecular weight is 146 g/mol. The summed E-state index contributed by atoms with van der Waals surface area (Å²) in [5.41, 5.74) is 0. The van der Waals surface area contributed by atoms with E-state index in [2.05, 4.69) is 11.2 Å². The molecule has 52 valence electrons. The van der Waals surface area contributed by atoms with Gasteiger partial charge in [-0.25, -0.2) is 4.21 Å². The molecule has 0 heterocycles. The molecule has 0 saturated carbocycles. The molecule has 0 aromatic heterocycles. The summed E-state index contributed by atoms with van der Waals surface area (Å²) in [7, 11) is 0. The van der Waals surface area contributed by atoms with Crippen molar-refractivity contribution in [2.24, 2.45) is 5.92 Å². The lowest BCUT2D eigenvalue weighted by atomic mass is 10.1. The molecule has 0 saturated heterocycles. The van der Waals surface area contributed by atoms with E-state index in [9.17, 15) is 4.21 Å². The van der Waals surface area contributed by atoms with Crippen molar-refractivity contribution in [2.45, 2.75) is 20.3 Å². The third-order valence-electron chi connectivity index (χ3n) is 0.670. The van der Waals surface area contributed by atoms with Gasteiger partial charge in [-0.05, 0) is 5.92 Å². The molecule has 3 heteroatoms. The van der Waals surface area contributed by atoms with E-state index >= 15 is 0 Å². The van der Waals surface area contributed by atoms with E-state index in [0.29, 0.717) is 12.3 Å². The van der Waals surface area contributed by atoms with Crippen LogP contribution in [0.15, 0.2) is 0 Å². The third-order valence-corrected chi connectivity index (χ3v) is 0.989. The first-order chi connectivity index (χ1) is 4.13. The molecular formula is C6H10O2S. The first kappa shape index (κ1) is 8.67. The molecule has 0 aromatic rings. The Balaban J connectivity index is 3.50. The second-order valence-electron chi connectivity index (χ2n) is 2.13. The van der Waals surface area contributed by atoms with Gasteiger partial charge in [-0.15, -0.1) is 0 Å². The summed E-state index contributed by atoms with van der Waals surface area (Å²) in [5.74, 6) is 3.06. The largest absolute Gasteiger partial charge is 0.296 e. The van der Waals surface area contributed by atoms with E-state index in [-0.39, 0.29) is 0 Å². The number of rotatable bonds is 1. The molecule has 0 spiro atoms. The minimum Gasteiger partial charge on any atom is -0.296 e. The van der Waals surface area contributed by atoms with E-state index in [1.165, 1.54) is 0 Å². The fraction of sp³-hybridized carbons (Fsp3) is 0.667. The maximum absolute atomic E-state index is 9.92. The Labute approximate surface area is 57.9 Å². The molecule has 0 amide bonds. The Bertz CT molecular complexity index is 152. The van der Waals surface area contributed by atoms with Crippen LogP contribution in [0.2, 0.25) is 0 Å². The quantitative estimate of drug-likeness (QED) is 0.446. The molecule has 0 radical (unpaired) electrons. The smallest absolute Gasteiger partial charge is 0.233 e. The van der Waals surface area contributed by atoms with Crippen LogP contribution in [0.3, 0.4) is 0 Å². The van der Waals surface area contributed by atoms with Crippen molar-refractivity contribution < 1.29 is 8.76 Å². The molecule has 0 aromatic carbocycles. The predicted octanol–water partition coefficient (Wildman–Crippen LogP) is 1.22. The average Bonchev–Trinajstić information content (AvgIpc) is 1.63. The molecule has 0 aliphatic heterocycles. The molecule has 0 bridgehead atoms. The van der Waals surface area contributed by atoms with E-state index in [0.717, 1.165) is 0 Å². The van der Waals surface area contributed by atoms with Gasteiger partial charge in [0.2, 0.25) is 11.1 Å². The Morgan fingerprint density at radius 2 is 2.22 bits per heavy atom. The van der Waals surface area contributed by atoms with Crippen molar-refractivity contribution in [1.82, 2.24) is 0 Å². The van der Waals surface area contributed by atoms with E-state index in [1.807, 2.05) is 13.8 Å². The van der Waals surface area contributed by atoms with Crippen LogP contribution in [0.4, 0.5) is 0 Å². The molecule has 1 atom stereocenters. The topological polar surface area (TPSA) is 37.3 Å². The first-order valence-corrected chi connectivity index (χ1v) is 3.83. The monoisotopic (exact) mass is 146 g/mol. The van der Waals surface area contributed by atoms with E-state index in [1.54, 1.807) is 0 Å². The van der Waals surface area contributed by atoms with Gasteiger partial charge in [-0.2, -0.15) is 0 Å². The highest BCUT2D eigenvalue weighted by Crippen LogP contribution is 1.95. The highest BCUT2D eigenvalue weighted by molar-refractivity contribution is 7.84. The summed E-state index contributed by atoms with van der Waals surface area (Å²) in [6, 6.07) is 0. The van der Waals surface area contributed by atoms with Crippen molar-refractivity contribution in [1.29, 1.82) is 0 Å². The summed E-state index contributed by atoms with van der Waals surface area (Å²) < 4.78 is 18.1. The molecule has 0 fully saturated rings. The van der Waals surface area contributed by atoms with Gasteiger partial charge in [-0.3, -0.25) is 4.55 Å². The Kier molecular flexibility index (Phi) is 4.37. The molecule has 0 aliphatic rings. The molecular weight excluding hydrogens is 136 g/mol.